The maximum absolute atomic E-state index is 11.3. The van der Waals surface area contributed by atoms with Gasteiger partial charge in [0.15, 0.2) is 0 Å². The summed E-state index contributed by atoms with van der Waals surface area (Å²) in [6.45, 7) is 17.2. The van der Waals surface area contributed by atoms with Crippen molar-refractivity contribution < 1.29 is 9.53 Å². The zero-order valence-corrected chi connectivity index (χ0v) is 11.1. The van der Waals surface area contributed by atoms with Crippen molar-refractivity contribution in [2.24, 2.45) is 0 Å². The van der Waals surface area contributed by atoms with E-state index in [2.05, 4.69) is 43.6 Å². The molecule has 3 nitrogen and oxygen atoms in total. The van der Waals surface area contributed by atoms with Crippen LogP contribution in [0.1, 0.15) is 27.7 Å². The zero-order valence-electron chi connectivity index (χ0n) is 11.1. The third-order valence-corrected chi connectivity index (χ3v) is 2.27. The van der Waals surface area contributed by atoms with Crippen LogP contribution in [0, 0.1) is 0 Å². The number of hydrogen-bond donors (Lipinski definition) is 0. The number of ether oxygens (including phenoxy) is 1. The van der Waals surface area contributed by atoms with E-state index in [4.69, 9.17) is 0 Å². The lowest BCUT2D eigenvalue weighted by Gasteiger charge is -2.36. The van der Waals surface area contributed by atoms with Crippen LogP contribution in [0.2, 0.25) is 0 Å². The lowest BCUT2D eigenvalue weighted by atomic mass is 10.0. The molecule has 0 spiro atoms. The van der Waals surface area contributed by atoms with Gasteiger partial charge < -0.3 is 4.74 Å². The van der Waals surface area contributed by atoms with Gasteiger partial charge >= 0.3 is 5.97 Å². The molecule has 3 heteroatoms. The molecule has 16 heavy (non-hydrogen) atoms. The van der Waals surface area contributed by atoms with Crippen LogP contribution in [0.15, 0.2) is 24.3 Å². The second-order valence-electron chi connectivity index (χ2n) is 5.08. The van der Waals surface area contributed by atoms with Crippen molar-refractivity contribution in [3.8, 4) is 0 Å². The first-order valence-corrected chi connectivity index (χ1v) is 5.34. The minimum absolute atomic E-state index is 0.0318. The van der Waals surface area contributed by atoms with Gasteiger partial charge in [0.2, 0.25) is 0 Å². The van der Waals surface area contributed by atoms with Crippen molar-refractivity contribution in [2.45, 2.75) is 33.2 Å². The second kappa shape index (κ2) is 5.85. The van der Waals surface area contributed by atoms with Crippen LogP contribution in [0.5, 0.6) is 0 Å². The average Bonchev–Trinajstić information content (AvgIpc) is 2.13. The number of carbonyl (C=O) groups excluding carboxylic acids is 1. The molecule has 0 fully saturated rings. The monoisotopic (exact) mass is 225 g/mol. The van der Waals surface area contributed by atoms with Gasteiger partial charge in [-0.1, -0.05) is 18.7 Å². The van der Waals surface area contributed by atoms with E-state index in [9.17, 15) is 4.79 Å². The van der Waals surface area contributed by atoms with Crippen LogP contribution in [0.4, 0.5) is 0 Å². The van der Waals surface area contributed by atoms with E-state index < -0.39 is 0 Å². The topological polar surface area (TPSA) is 29.5 Å². The van der Waals surface area contributed by atoms with E-state index >= 15 is 0 Å². The fourth-order valence-electron chi connectivity index (χ4n) is 1.30. The summed E-state index contributed by atoms with van der Waals surface area (Å²) in [7, 11) is 1.37. The molecule has 0 heterocycles. The molecule has 0 bridgehead atoms. The molecule has 0 aliphatic heterocycles. The molecule has 0 saturated carbocycles. The fraction of sp³-hybridized carbons (Fsp3) is 0.615. The number of esters is 1. The summed E-state index contributed by atoms with van der Waals surface area (Å²) < 4.78 is 4.64. The first-order chi connectivity index (χ1) is 7.18. The molecule has 0 unspecified atom stereocenters. The molecule has 0 aliphatic rings. The highest BCUT2D eigenvalue weighted by atomic mass is 16.5. The molecule has 0 aliphatic carbocycles. The van der Waals surface area contributed by atoms with Gasteiger partial charge in [0.05, 0.1) is 7.11 Å². The Labute approximate surface area is 98.8 Å². The van der Waals surface area contributed by atoms with Crippen LogP contribution < -0.4 is 0 Å². The van der Waals surface area contributed by atoms with Crippen LogP contribution in [0.3, 0.4) is 0 Å². The van der Waals surface area contributed by atoms with Crippen molar-refractivity contribution in [3.63, 3.8) is 0 Å². The molecule has 0 aromatic heterocycles. The van der Waals surface area contributed by atoms with E-state index in [1.165, 1.54) is 7.11 Å². The third-order valence-electron chi connectivity index (χ3n) is 2.27. The molecule has 0 aromatic carbocycles. The lowest BCUT2D eigenvalue weighted by molar-refractivity contribution is -0.136. The SMILES string of the molecule is C=C(C)CN(CC(=C)C(=O)OC)C(C)(C)C. The Hall–Kier alpha value is -1.09. The molecule has 0 aromatic rings. The van der Waals surface area contributed by atoms with E-state index in [-0.39, 0.29) is 11.5 Å². The van der Waals surface area contributed by atoms with E-state index in [1.807, 2.05) is 6.92 Å². The van der Waals surface area contributed by atoms with Gasteiger partial charge in [-0.05, 0) is 27.7 Å². The largest absolute Gasteiger partial charge is 0.466 e. The van der Waals surface area contributed by atoms with Gasteiger partial charge in [-0.15, -0.1) is 0 Å². The van der Waals surface area contributed by atoms with E-state index in [0.717, 1.165) is 12.1 Å². The Kier molecular flexibility index (Phi) is 5.45. The fourth-order valence-corrected chi connectivity index (χ4v) is 1.30. The Balaban J connectivity index is 4.62. The van der Waals surface area contributed by atoms with Crippen LogP contribution in [0.25, 0.3) is 0 Å². The summed E-state index contributed by atoms with van der Waals surface area (Å²) >= 11 is 0. The zero-order chi connectivity index (χ0) is 12.9. The molecule has 0 rings (SSSR count). The number of hydrogen-bond acceptors (Lipinski definition) is 3. The highest BCUT2D eigenvalue weighted by Gasteiger charge is 2.23. The van der Waals surface area contributed by atoms with Crippen molar-refractivity contribution in [1.82, 2.24) is 4.90 Å². The third kappa shape index (κ3) is 5.12. The molecule has 0 atom stereocenters. The number of carbonyl (C=O) groups is 1. The molecular weight excluding hydrogens is 202 g/mol. The van der Waals surface area contributed by atoms with Gasteiger partial charge in [-0.25, -0.2) is 4.79 Å². The van der Waals surface area contributed by atoms with Crippen molar-refractivity contribution in [1.29, 1.82) is 0 Å². The molecule has 0 N–H and O–H groups in total. The van der Waals surface area contributed by atoms with Crippen LogP contribution in [-0.2, 0) is 9.53 Å². The maximum Gasteiger partial charge on any atom is 0.334 e. The first-order valence-electron chi connectivity index (χ1n) is 5.34. The summed E-state index contributed by atoms with van der Waals surface area (Å²) in [5.41, 5.74) is 1.50. The smallest absolute Gasteiger partial charge is 0.334 e. The summed E-state index contributed by atoms with van der Waals surface area (Å²) in [6, 6.07) is 0. The minimum Gasteiger partial charge on any atom is -0.466 e. The molecule has 0 amide bonds. The van der Waals surface area contributed by atoms with Gasteiger partial charge in [0.25, 0.3) is 0 Å². The van der Waals surface area contributed by atoms with Crippen molar-refractivity contribution >= 4 is 5.97 Å². The first kappa shape index (κ1) is 14.9. The van der Waals surface area contributed by atoms with Gasteiger partial charge in [-0.3, -0.25) is 4.90 Å². The molecule has 0 radical (unpaired) electrons. The molecule has 92 valence electrons. The standard InChI is InChI=1S/C13H23NO2/c1-10(2)8-14(13(4,5)6)9-11(3)12(15)16-7/h1,3,8-9H2,2,4-7H3. The highest BCUT2D eigenvalue weighted by molar-refractivity contribution is 5.88. The quantitative estimate of drug-likeness (QED) is 0.409. The number of nitrogens with zero attached hydrogens (tertiary/aromatic N) is 1. The van der Waals surface area contributed by atoms with Crippen molar-refractivity contribution in [2.75, 3.05) is 20.2 Å². The second-order valence-corrected chi connectivity index (χ2v) is 5.08. The highest BCUT2D eigenvalue weighted by Crippen LogP contribution is 2.16. The Morgan fingerprint density at radius 1 is 1.25 bits per heavy atom. The summed E-state index contributed by atoms with van der Waals surface area (Å²) in [4.78, 5) is 13.4. The molecular formula is C13H23NO2. The number of rotatable bonds is 5. The van der Waals surface area contributed by atoms with Crippen LogP contribution in [-0.4, -0.2) is 36.6 Å². The molecule has 0 saturated heterocycles. The van der Waals surface area contributed by atoms with E-state index in [1.54, 1.807) is 0 Å². The minimum atomic E-state index is -0.351. The van der Waals surface area contributed by atoms with Crippen LogP contribution >= 0.6 is 0 Å². The van der Waals surface area contributed by atoms with E-state index in [0.29, 0.717) is 12.1 Å². The summed E-state index contributed by atoms with van der Waals surface area (Å²) in [5, 5.41) is 0. The number of methoxy groups -OCH3 is 1. The lowest BCUT2D eigenvalue weighted by Crippen LogP contribution is -2.44. The Morgan fingerprint density at radius 2 is 1.75 bits per heavy atom. The summed E-state index contributed by atoms with van der Waals surface area (Å²) in [6.07, 6.45) is 0. The summed E-state index contributed by atoms with van der Waals surface area (Å²) in [5.74, 6) is -0.351. The van der Waals surface area contributed by atoms with Gasteiger partial charge in [0, 0.05) is 24.2 Å². The Morgan fingerprint density at radius 3 is 2.06 bits per heavy atom. The van der Waals surface area contributed by atoms with Gasteiger partial charge in [0.1, 0.15) is 0 Å². The normalized spacial score (nSPS) is 11.4. The maximum atomic E-state index is 11.3. The predicted octanol–water partition coefficient (Wildman–Crippen LogP) is 2.39. The van der Waals surface area contributed by atoms with Crippen molar-refractivity contribution in [3.05, 3.63) is 24.3 Å². The Bertz CT molecular complexity index is 287. The van der Waals surface area contributed by atoms with Gasteiger partial charge in [-0.2, -0.15) is 0 Å². The predicted molar refractivity (Wildman–Crippen MR) is 67.3 cm³/mol. The average molecular weight is 225 g/mol.